The number of amides is 1. The van der Waals surface area contributed by atoms with Crippen LogP contribution in [-0.4, -0.2) is 37.0 Å². The molecule has 3 heteroatoms. The number of nitrogens with zero attached hydrogens (tertiary/aromatic N) is 1. The number of hydrogen-bond donors (Lipinski definition) is 1. The molecule has 0 spiro atoms. The van der Waals surface area contributed by atoms with Crippen molar-refractivity contribution in [2.24, 2.45) is 0 Å². The summed E-state index contributed by atoms with van der Waals surface area (Å²) in [6.45, 7) is 1.33. The van der Waals surface area contributed by atoms with Gasteiger partial charge in [0.05, 0.1) is 6.54 Å². The Morgan fingerprint density at radius 3 is 2.65 bits per heavy atom. The zero-order valence-corrected chi connectivity index (χ0v) is 12.5. The summed E-state index contributed by atoms with van der Waals surface area (Å²) in [6.07, 6.45) is 7.12. The molecule has 110 valence electrons. The van der Waals surface area contributed by atoms with Crippen LogP contribution < -0.4 is 5.32 Å². The number of hydrogen-bond acceptors (Lipinski definition) is 2. The van der Waals surface area contributed by atoms with Crippen molar-refractivity contribution >= 4 is 5.91 Å². The van der Waals surface area contributed by atoms with E-state index in [-0.39, 0.29) is 5.91 Å². The maximum Gasteiger partial charge on any atom is 0.236 e. The molecule has 0 aliphatic heterocycles. The van der Waals surface area contributed by atoms with Gasteiger partial charge in [-0.2, -0.15) is 0 Å². The maximum absolute atomic E-state index is 12.0. The summed E-state index contributed by atoms with van der Waals surface area (Å²) < 4.78 is 0. The molecule has 0 aromatic heterocycles. The second-order valence-electron chi connectivity index (χ2n) is 5.77. The molecular weight excluding hydrogens is 248 g/mol. The molecule has 3 nitrogen and oxygen atoms in total. The quantitative estimate of drug-likeness (QED) is 0.829. The van der Waals surface area contributed by atoms with Gasteiger partial charge in [-0.05, 0) is 31.2 Å². The minimum atomic E-state index is 0.213. The summed E-state index contributed by atoms with van der Waals surface area (Å²) in [5.41, 5.74) is 1.34. The molecule has 1 aromatic carbocycles. The number of carbonyl (C=O) groups excluding carboxylic acids is 1. The summed E-state index contributed by atoms with van der Waals surface area (Å²) in [6, 6.07) is 11.0. The number of likely N-dealkylation sites (N-methyl/N-ethyl adjacent to an activating group) is 1. The van der Waals surface area contributed by atoms with Crippen LogP contribution in [0.2, 0.25) is 0 Å². The van der Waals surface area contributed by atoms with Crippen LogP contribution in [0.25, 0.3) is 0 Å². The molecule has 0 unspecified atom stereocenters. The topological polar surface area (TPSA) is 32.3 Å². The number of rotatable bonds is 7. The molecule has 2 rings (SSSR count). The summed E-state index contributed by atoms with van der Waals surface area (Å²) in [4.78, 5) is 13.9. The number of nitrogens with one attached hydrogen (secondary N) is 1. The number of carbonyl (C=O) groups is 1. The fourth-order valence-corrected chi connectivity index (χ4v) is 2.79. The SMILES string of the molecule is CN(CCCc1ccccc1)C(=O)CNC1CCCC1. The molecule has 1 N–H and O–H groups in total. The highest BCUT2D eigenvalue weighted by Gasteiger charge is 2.16. The van der Waals surface area contributed by atoms with Crippen molar-refractivity contribution in [2.45, 2.75) is 44.6 Å². The Morgan fingerprint density at radius 2 is 1.95 bits per heavy atom. The van der Waals surface area contributed by atoms with Gasteiger partial charge in [-0.15, -0.1) is 0 Å². The van der Waals surface area contributed by atoms with E-state index in [1.807, 2.05) is 18.0 Å². The van der Waals surface area contributed by atoms with E-state index in [0.717, 1.165) is 19.4 Å². The van der Waals surface area contributed by atoms with E-state index in [1.165, 1.54) is 31.2 Å². The molecule has 0 heterocycles. The van der Waals surface area contributed by atoms with Crippen LogP contribution >= 0.6 is 0 Å². The summed E-state index contributed by atoms with van der Waals surface area (Å²) in [5.74, 6) is 0.213. The molecule has 1 fully saturated rings. The molecule has 0 saturated heterocycles. The van der Waals surface area contributed by atoms with Crippen LogP contribution in [0.3, 0.4) is 0 Å². The van der Waals surface area contributed by atoms with Crippen molar-refractivity contribution in [3.8, 4) is 0 Å². The van der Waals surface area contributed by atoms with E-state index in [2.05, 4.69) is 29.6 Å². The Kier molecular flexibility index (Phi) is 6.06. The lowest BCUT2D eigenvalue weighted by atomic mass is 10.1. The fourth-order valence-electron chi connectivity index (χ4n) is 2.79. The first-order valence-corrected chi connectivity index (χ1v) is 7.77. The maximum atomic E-state index is 12.0. The Morgan fingerprint density at radius 1 is 1.25 bits per heavy atom. The minimum absolute atomic E-state index is 0.213. The molecule has 0 bridgehead atoms. The van der Waals surface area contributed by atoms with E-state index < -0.39 is 0 Å². The van der Waals surface area contributed by atoms with Crippen molar-refractivity contribution in [1.82, 2.24) is 10.2 Å². The van der Waals surface area contributed by atoms with Gasteiger partial charge >= 0.3 is 0 Å². The first-order valence-electron chi connectivity index (χ1n) is 7.77. The molecule has 1 amide bonds. The lowest BCUT2D eigenvalue weighted by Crippen LogP contribution is -2.39. The zero-order chi connectivity index (χ0) is 14.2. The van der Waals surface area contributed by atoms with Crippen molar-refractivity contribution in [3.63, 3.8) is 0 Å². The molecule has 1 saturated carbocycles. The lowest BCUT2D eigenvalue weighted by Gasteiger charge is -2.19. The second kappa shape index (κ2) is 8.05. The summed E-state index contributed by atoms with van der Waals surface area (Å²) >= 11 is 0. The highest BCUT2D eigenvalue weighted by Crippen LogP contribution is 2.17. The number of benzene rings is 1. The summed E-state index contributed by atoms with van der Waals surface area (Å²) in [7, 11) is 1.91. The van der Waals surface area contributed by atoms with Crippen molar-refractivity contribution in [3.05, 3.63) is 35.9 Å². The van der Waals surface area contributed by atoms with Crippen LogP contribution in [0.1, 0.15) is 37.7 Å². The van der Waals surface area contributed by atoms with Crippen LogP contribution in [-0.2, 0) is 11.2 Å². The van der Waals surface area contributed by atoms with Gasteiger partial charge < -0.3 is 10.2 Å². The van der Waals surface area contributed by atoms with Crippen LogP contribution in [0.15, 0.2) is 30.3 Å². The van der Waals surface area contributed by atoms with Gasteiger partial charge in [-0.1, -0.05) is 43.2 Å². The molecule has 20 heavy (non-hydrogen) atoms. The average Bonchev–Trinajstić information content (AvgIpc) is 2.99. The van der Waals surface area contributed by atoms with Crippen LogP contribution in [0.4, 0.5) is 0 Å². The molecule has 1 aromatic rings. The van der Waals surface area contributed by atoms with E-state index in [4.69, 9.17) is 0 Å². The van der Waals surface area contributed by atoms with E-state index in [1.54, 1.807) is 0 Å². The van der Waals surface area contributed by atoms with E-state index in [9.17, 15) is 4.79 Å². The van der Waals surface area contributed by atoms with Crippen LogP contribution in [0, 0.1) is 0 Å². The van der Waals surface area contributed by atoms with Crippen molar-refractivity contribution in [1.29, 1.82) is 0 Å². The molecule has 1 aliphatic carbocycles. The van der Waals surface area contributed by atoms with Gasteiger partial charge in [-0.25, -0.2) is 0 Å². The van der Waals surface area contributed by atoms with E-state index in [0.29, 0.717) is 12.6 Å². The normalized spacial score (nSPS) is 15.4. The molecule has 0 radical (unpaired) electrons. The Bertz CT molecular complexity index is 399. The van der Waals surface area contributed by atoms with Gasteiger partial charge in [-0.3, -0.25) is 4.79 Å². The van der Waals surface area contributed by atoms with Gasteiger partial charge in [0.15, 0.2) is 0 Å². The highest BCUT2D eigenvalue weighted by molar-refractivity contribution is 5.77. The van der Waals surface area contributed by atoms with Crippen molar-refractivity contribution in [2.75, 3.05) is 20.1 Å². The third-order valence-corrected chi connectivity index (χ3v) is 4.12. The van der Waals surface area contributed by atoms with E-state index >= 15 is 0 Å². The Balaban J connectivity index is 1.61. The predicted molar refractivity (Wildman–Crippen MR) is 82.7 cm³/mol. The third kappa shape index (κ3) is 4.97. The van der Waals surface area contributed by atoms with Gasteiger partial charge in [0, 0.05) is 19.6 Å². The molecule has 1 aliphatic rings. The number of aryl methyl sites for hydroxylation is 1. The Hall–Kier alpha value is -1.35. The summed E-state index contributed by atoms with van der Waals surface area (Å²) in [5, 5.41) is 3.38. The standard InChI is InChI=1S/C17H26N2O/c1-19(13-7-10-15-8-3-2-4-9-15)17(20)14-18-16-11-5-6-12-16/h2-4,8-9,16,18H,5-7,10-14H2,1H3. The highest BCUT2D eigenvalue weighted by atomic mass is 16.2. The first kappa shape index (κ1) is 15.0. The predicted octanol–water partition coefficient (Wildman–Crippen LogP) is 2.61. The lowest BCUT2D eigenvalue weighted by molar-refractivity contribution is -0.129. The largest absolute Gasteiger partial charge is 0.345 e. The molecule has 0 atom stereocenters. The third-order valence-electron chi connectivity index (χ3n) is 4.12. The second-order valence-corrected chi connectivity index (χ2v) is 5.77. The minimum Gasteiger partial charge on any atom is -0.345 e. The van der Waals surface area contributed by atoms with Gasteiger partial charge in [0.1, 0.15) is 0 Å². The van der Waals surface area contributed by atoms with Crippen LogP contribution in [0.5, 0.6) is 0 Å². The monoisotopic (exact) mass is 274 g/mol. The first-order chi connectivity index (χ1) is 9.75. The smallest absolute Gasteiger partial charge is 0.236 e. The Labute approximate surface area is 122 Å². The molecular formula is C17H26N2O. The van der Waals surface area contributed by atoms with Crippen molar-refractivity contribution < 1.29 is 4.79 Å². The van der Waals surface area contributed by atoms with Gasteiger partial charge in [0.2, 0.25) is 5.91 Å². The average molecular weight is 274 g/mol. The van der Waals surface area contributed by atoms with Gasteiger partial charge in [0.25, 0.3) is 0 Å². The fraction of sp³-hybridized carbons (Fsp3) is 0.588. The zero-order valence-electron chi connectivity index (χ0n) is 12.5.